The number of nitrogens with one attached hydrogen (secondary N) is 1. The lowest BCUT2D eigenvalue weighted by Gasteiger charge is -2.19. The van der Waals surface area contributed by atoms with Gasteiger partial charge in [0.2, 0.25) is 0 Å². The standard InChI is InChI=1S/C19H21NO6/c1-10-7-14(25-9-16(21)20-11(2)18(22)23)17-12-5-3-4-6-13(12)19(24)26-15(17)8-10/h7-8,11H,3-6,9H2,1-2H3,(H,20,21)(H,22,23). The van der Waals surface area contributed by atoms with Gasteiger partial charge >= 0.3 is 11.6 Å². The Morgan fingerprint density at radius 3 is 2.65 bits per heavy atom. The Morgan fingerprint density at radius 1 is 1.27 bits per heavy atom. The lowest BCUT2D eigenvalue weighted by atomic mass is 9.90. The van der Waals surface area contributed by atoms with Gasteiger partial charge in [-0.25, -0.2) is 4.79 Å². The van der Waals surface area contributed by atoms with Gasteiger partial charge in [0.15, 0.2) is 6.61 Å². The molecule has 1 atom stereocenters. The average Bonchev–Trinajstić information content (AvgIpc) is 2.59. The minimum Gasteiger partial charge on any atom is -0.483 e. The summed E-state index contributed by atoms with van der Waals surface area (Å²) in [6, 6.07) is 2.59. The van der Waals surface area contributed by atoms with Crippen molar-refractivity contribution in [3.63, 3.8) is 0 Å². The van der Waals surface area contributed by atoms with Gasteiger partial charge in [-0.2, -0.15) is 0 Å². The van der Waals surface area contributed by atoms with E-state index in [0.717, 1.165) is 35.8 Å². The van der Waals surface area contributed by atoms with Crippen molar-refractivity contribution in [1.29, 1.82) is 0 Å². The van der Waals surface area contributed by atoms with Gasteiger partial charge in [0.1, 0.15) is 17.4 Å². The predicted octanol–water partition coefficient (Wildman–Crippen LogP) is 1.95. The fourth-order valence-corrected chi connectivity index (χ4v) is 3.27. The van der Waals surface area contributed by atoms with E-state index in [1.165, 1.54) is 6.92 Å². The second-order valence-electron chi connectivity index (χ2n) is 6.61. The average molecular weight is 359 g/mol. The molecule has 7 heteroatoms. The van der Waals surface area contributed by atoms with Crippen LogP contribution in [0.4, 0.5) is 0 Å². The van der Waals surface area contributed by atoms with Crippen LogP contribution in [0.5, 0.6) is 5.75 Å². The normalized spacial score (nSPS) is 14.5. The monoisotopic (exact) mass is 359 g/mol. The minimum absolute atomic E-state index is 0.309. The molecule has 7 nitrogen and oxygen atoms in total. The topological polar surface area (TPSA) is 106 Å². The molecule has 1 aromatic heterocycles. The molecule has 0 radical (unpaired) electrons. The Bertz CT molecular complexity index is 930. The van der Waals surface area contributed by atoms with Crippen LogP contribution in [0.3, 0.4) is 0 Å². The zero-order valence-electron chi connectivity index (χ0n) is 14.8. The minimum atomic E-state index is -1.12. The zero-order valence-corrected chi connectivity index (χ0v) is 14.8. The molecule has 0 bridgehead atoms. The molecular formula is C19H21NO6. The van der Waals surface area contributed by atoms with Crippen LogP contribution in [0.2, 0.25) is 0 Å². The molecule has 3 rings (SSSR count). The first-order valence-electron chi connectivity index (χ1n) is 8.61. The van der Waals surface area contributed by atoms with Gasteiger partial charge in [-0.05, 0) is 62.8 Å². The number of rotatable bonds is 5. The molecule has 0 saturated carbocycles. The van der Waals surface area contributed by atoms with E-state index in [2.05, 4.69) is 5.32 Å². The summed E-state index contributed by atoms with van der Waals surface area (Å²) in [7, 11) is 0. The number of carbonyl (C=O) groups is 2. The van der Waals surface area contributed by atoms with E-state index in [1.807, 2.05) is 6.92 Å². The summed E-state index contributed by atoms with van der Waals surface area (Å²) < 4.78 is 11.2. The number of hydrogen-bond acceptors (Lipinski definition) is 5. The summed E-state index contributed by atoms with van der Waals surface area (Å²) in [5.41, 5.74) is 2.59. The number of carboxylic acids is 1. The molecule has 1 amide bonds. The molecule has 1 unspecified atom stereocenters. The Morgan fingerprint density at radius 2 is 1.96 bits per heavy atom. The highest BCUT2D eigenvalue weighted by molar-refractivity contribution is 5.89. The first-order chi connectivity index (χ1) is 12.4. The highest BCUT2D eigenvalue weighted by atomic mass is 16.5. The first-order valence-corrected chi connectivity index (χ1v) is 8.61. The molecule has 0 saturated heterocycles. The van der Waals surface area contributed by atoms with Gasteiger partial charge in [0, 0.05) is 5.56 Å². The van der Waals surface area contributed by atoms with Crippen LogP contribution >= 0.6 is 0 Å². The molecule has 0 aliphatic heterocycles. The second kappa shape index (κ2) is 7.19. The first kappa shape index (κ1) is 18.0. The number of amides is 1. The van der Waals surface area contributed by atoms with Crippen molar-refractivity contribution in [2.24, 2.45) is 0 Å². The number of carboxylic acid groups (broad SMARTS) is 1. The molecule has 26 heavy (non-hydrogen) atoms. The van der Waals surface area contributed by atoms with Crippen molar-refractivity contribution in [2.75, 3.05) is 6.61 Å². The smallest absolute Gasteiger partial charge is 0.339 e. The largest absolute Gasteiger partial charge is 0.483 e. The van der Waals surface area contributed by atoms with Crippen LogP contribution in [0.1, 0.15) is 36.5 Å². The maximum Gasteiger partial charge on any atom is 0.339 e. The third kappa shape index (κ3) is 3.56. The van der Waals surface area contributed by atoms with E-state index in [4.69, 9.17) is 14.3 Å². The van der Waals surface area contributed by atoms with E-state index in [0.29, 0.717) is 23.3 Å². The van der Waals surface area contributed by atoms with Crippen molar-refractivity contribution in [3.05, 3.63) is 39.2 Å². The number of hydrogen-bond donors (Lipinski definition) is 2. The number of aliphatic carboxylic acids is 1. The summed E-state index contributed by atoms with van der Waals surface area (Å²) in [5.74, 6) is -1.17. The molecule has 0 fully saturated rings. The number of fused-ring (bicyclic) bond motifs is 3. The van der Waals surface area contributed by atoms with Gasteiger partial charge < -0.3 is 19.6 Å². The van der Waals surface area contributed by atoms with Crippen LogP contribution in [0.25, 0.3) is 11.0 Å². The van der Waals surface area contributed by atoms with E-state index < -0.39 is 17.9 Å². The lowest BCUT2D eigenvalue weighted by Crippen LogP contribution is -2.40. The third-order valence-corrected chi connectivity index (χ3v) is 4.54. The van der Waals surface area contributed by atoms with E-state index >= 15 is 0 Å². The Balaban J connectivity index is 1.94. The van der Waals surface area contributed by atoms with Gasteiger partial charge in [0.25, 0.3) is 5.91 Å². The van der Waals surface area contributed by atoms with E-state index in [-0.39, 0.29) is 12.2 Å². The number of ether oxygens (including phenoxy) is 1. The summed E-state index contributed by atoms with van der Waals surface area (Å²) in [5, 5.41) is 11.9. The number of aryl methyl sites for hydroxylation is 2. The summed E-state index contributed by atoms with van der Waals surface area (Å²) >= 11 is 0. The number of benzene rings is 1. The van der Waals surface area contributed by atoms with Crippen LogP contribution in [-0.4, -0.2) is 29.6 Å². The van der Waals surface area contributed by atoms with Crippen LogP contribution in [-0.2, 0) is 22.4 Å². The summed E-state index contributed by atoms with van der Waals surface area (Å²) in [6.07, 6.45) is 3.37. The quantitative estimate of drug-likeness (QED) is 0.791. The van der Waals surface area contributed by atoms with Gasteiger partial charge in [-0.1, -0.05) is 0 Å². The molecule has 1 aliphatic rings. The molecule has 0 spiro atoms. The van der Waals surface area contributed by atoms with Crippen molar-refractivity contribution in [3.8, 4) is 5.75 Å². The van der Waals surface area contributed by atoms with Gasteiger partial charge in [0.05, 0.1) is 5.39 Å². The van der Waals surface area contributed by atoms with Crippen molar-refractivity contribution < 1.29 is 23.8 Å². The maximum absolute atomic E-state index is 12.2. The maximum atomic E-state index is 12.2. The number of carbonyl (C=O) groups excluding carboxylic acids is 1. The fourth-order valence-electron chi connectivity index (χ4n) is 3.27. The Kier molecular flexibility index (Phi) is 4.97. The fraction of sp³-hybridized carbons (Fsp3) is 0.421. The SMILES string of the molecule is Cc1cc(OCC(=O)NC(C)C(=O)O)c2c3c(c(=O)oc2c1)CCCC3. The lowest BCUT2D eigenvalue weighted by molar-refractivity contribution is -0.141. The van der Waals surface area contributed by atoms with Gasteiger partial charge in [-0.15, -0.1) is 0 Å². The third-order valence-electron chi connectivity index (χ3n) is 4.54. The molecule has 2 N–H and O–H groups in total. The highest BCUT2D eigenvalue weighted by Gasteiger charge is 2.22. The van der Waals surface area contributed by atoms with E-state index in [1.54, 1.807) is 12.1 Å². The molecule has 1 heterocycles. The summed E-state index contributed by atoms with van der Waals surface area (Å²) in [6.45, 7) is 2.91. The molecular weight excluding hydrogens is 338 g/mol. The molecule has 1 aromatic carbocycles. The van der Waals surface area contributed by atoms with Crippen LogP contribution in [0, 0.1) is 6.92 Å². The van der Waals surface area contributed by atoms with E-state index in [9.17, 15) is 14.4 Å². The zero-order chi connectivity index (χ0) is 18.8. The van der Waals surface area contributed by atoms with Crippen LogP contribution in [0.15, 0.2) is 21.3 Å². The van der Waals surface area contributed by atoms with Crippen molar-refractivity contribution in [2.45, 2.75) is 45.6 Å². The predicted molar refractivity (Wildman–Crippen MR) is 94.6 cm³/mol. The van der Waals surface area contributed by atoms with Crippen molar-refractivity contribution in [1.82, 2.24) is 5.32 Å². The highest BCUT2D eigenvalue weighted by Crippen LogP contribution is 2.34. The molecule has 1 aliphatic carbocycles. The van der Waals surface area contributed by atoms with Gasteiger partial charge in [-0.3, -0.25) is 9.59 Å². The molecule has 2 aromatic rings. The van der Waals surface area contributed by atoms with Crippen molar-refractivity contribution >= 4 is 22.8 Å². The summed E-state index contributed by atoms with van der Waals surface area (Å²) in [4.78, 5) is 35.0. The Hall–Kier alpha value is -2.83. The Labute approximate surface area is 150 Å². The molecule has 138 valence electrons. The second-order valence-corrected chi connectivity index (χ2v) is 6.61. The van der Waals surface area contributed by atoms with Crippen LogP contribution < -0.4 is 15.7 Å².